The van der Waals surface area contributed by atoms with E-state index in [1.165, 1.54) is 37.0 Å². The van der Waals surface area contributed by atoms with E-state index in [1.807, 2.05) is 6.07 Å². The Morgan fingerprint density at radius 2 is 2.26 bits per heavy atom. The molecular formula is C16H19N5OS. The zero-order chi connectivity index (χ0) is 15.6. The third-order valence-electron chi connectivity index (χ3n) is 5.04. The smallest absolute Gasteiger partial charge is 0.259 e. The fourth-order valence-corrected chi connectivity index (χ4v) is 4.33. The van der Waals surface area contributed by atoms with E-state index in [2.05, 4.69) is 25.8 Å². The molecule has 7 heteroatoms. The van der Waals surface area contributed by atoms with Crippen molar-refractivity contribution in [2.45, 2.75) is 25.7 Å². The van der Waals surface area contributed by atoms with Crippen molar-refractivity contribution in [3.8, 4) is 0 Å². The molecule has 2 heterocycles. The van der Waals surface area contributed by atoms with Crippen LogP contribution in [0.15, 0.2) is 23.8 Å². The first-order valence-electron chi connectivity index (χ1n) is 8.05. The number of hydrogen-bond donors (Lipinski definition) is 2. The van der Waals surface area contributed by atoms with Gasteiger partial charge >= 0.3 is 0 Å². The lowest BCUT2D eigenvalue weighted by atomic mass is 9.89. The van der Waals surface area contributed by atoms with E-state index in [-0.39, 0.29) is 5.91 Å². The van der Waals surface area contributed by atoms with Crippen LogP contribution in [0.25, 0.3) is 0 Å². The number of fused-ring (bicyclic) bond motifs is 2. The number of amides is 1. The lowest BCUT2D eigenvalue weighted by Crippen LogP contribution is -2.20. The van der Waals surface area contributed by atoms with Gasteiger partial charge < -0.3 is 5.32 Å². The molecular weight excluding hydrogens is 310 g/mol. The third kappa shape index (κ3) is 3.19. The molecule has 0 aliphatic heterocycles. The van der Waals surface area contributed by atoms with Crippen molar-refractivity contribution >= 4 is 28.2 Å². The number of nitrogens with one attached hydrogen (secondary N) is 2. The average Bonchev–Trinajstić information content (AvgIpc) is 3.31. The Labute approximate surface area is 138 Å². The summed E-state index contributed by atoms with van der Waals surface area (Å²) in [6.45, 7) is 0.991. The van der Waals surface area contributed by atoms with Crippen molar-refractivity contribution < 1.29 is 4.79 Å². The second kappa shape index (κ2) is 6.23. The molecule has 2 saturated carbocycles. The van der Waals surface area contributed by atoms with E-state index >= 15 is 0 Å². The summed E-state index contributed by atoms with van der Waals surface area (Å²) in [6.07, 6.45) is 7.21. The Bertz CT molecular complexity index is 672. The number of carbonyl (C=O) groups excluding carboxylic acids is 1. The lowest BCUT2D eigenvalue weighted by molar-refractivity contribution is 0.102. The molecule has 3 atom stereocenters. The summed E-state index contributed by atoms with van der Waals surface area (Å²) in [6, 6.07) is 3.65. The molecule has 0 saturated heterocycles. The Kier molecular flexibility index (Phi) is 3.95. The van der Waals surface area contributed by atoms with Gasteiger partial charge in [0.1, 0.15) is 11.3 Å². The third-order valence-corrected chi connectivity index (χ3v) is 5.64. The molecule has 0 spiro atoms. The van der Waals surface area contributed by atoms with Crippen molar-refractivity contribution in [1.29, 1.82) is 0 Å². The van der Waals surface area contributed by atoms with Gasteiger partial charge in [0.2, 0.25) is 5.13 Å². The Morgan fingerprint density at radius 1 is 1.30 bits per heavy atom. The number of anilines is 2. The minimum absolute atomic E-state index is 0.214. The highest BCUT2D eigenvalue weighted by Gasteiger charge is 2.39. The van der Waals surface area contributed by atoms with E-state index in [9.17, 15) is 4.79 Å². The second-order valence-corrected chi connectivity index (χ2v) is 7.28. The largest absolute Gasteiger partial charge is 0.370 e. The van der Waals surface area contributed by atoms with E-state index in [1.54, 1.807) is 17.8 Å². The number of aromatic nitrogens is 3. The van der Waals surface area contributed by atoms with Gasteiger partial charge in [-0.3, -0.25) is 10.1 Å². The van der Waals surface area contributed by atoms with Crippen LogP contribution < -0.4 is 10.6 Å². The van der Waals surface area contributed by atoms with Crippen molar-refractivity contribution in [3.05, 3.63) is 29.4 Å². The zero-order valence-electron chi connectivity index (χ0n) is 12.7. The van der Waals surface area contributed by atoms with Gasteiger partial charge in [0, 0.05) is 12.7 Å². The van der Waals surface area contributed by atoms with Crippen LogP contribution in [0.2, 0.25) is 0 Å². The molecule has 6 nitrogen and oxygen atoms in total. The quantitative estimate of drug-likeness (QED) is 0.881. The van der Waals surface area contributed by atoms with Gasteiger partial charge in [-0.1, -0.05) is 17.8 Å². The summed E-state index contributed by atoms with van der Waals surface area (Å²) >= 11 is 1.29. The van der Waals surface area contributed by atoms with Crippen LogP contribution in [0.5, 0.6) is 0 Å². The average molecular weight is 329 g/mol. The van der Waals surface area contributed by atoms with Gasteiger partial charge in [-0.25, -0.2) is 4.98 Å². The summed E-state index contributed by atoms with van der Waals surface area (Å²) < 4.78 is 0. The fourth-order valence-electron chi connectivity index (χ4n) is 3.89. The molecule has 23 heavy (non-hydrogen) atoms. The SMILES string of the molecule is O=C(Nc1nncs1)c1ccc(NCC2CC3CCC2C3)nc1. The van der Waals surface area contributed by atoms with Crippen LogP contribution in [0, 0.1) is 17.8 Å². The molecule has 120 valence electrons. The van der Waals surface area contributed by atoms with Gasteiger partial charge in [0.25, 0.3) is 5.91 Å². The van der Waals surface area contributed by atoms with Gasteiger partial charge in [-0.2, -0.15) is 0 Å². The minimum atomic E-state index is -0.214. The molecule has 2 aliphatic rings. The normalized spacial score (nSPS) is 25.5. The number of carbonyl (C=O) groups is 1. The Balaban J connectivity index is 1.32. The van der Waals surface area contributed by atoms with Gasteiger partial charge in [0.15, 0.2) is 0 Å². The van der Waals surface area contributed by atoms with E-state index in [0.717, 1.165) is 30.1 Å². The molecule has 3 unspecified atom stereocenters. The van der Waals surface area contributed by atoms with Crippen LogP contribution in [-0.4, -0.2) is 27.6 Å². The van der Waals surface area contributed by atoms with E-state index in [0.29, 0.717) is 10.7 Å². The van der Waals surface area contributed by atoms with E-state index in [4.69, 9.17) is 0 Å². The van der Waals surface area contributed by atoms with Crippen molar-refractivity contribution in [2.24, 2.45) is 17.8 Å². The van der Waals surface area contributed by atoms with Crippen LogP contribution in [-0.2, 0) is 0 Å². The molecule has 2 aliphatic carbocycles. The highest BCUT2D eigenvalue weighted by Crippen LogP contribution is 2.48. The van der Waals surface area contributed by atoms with Crippen LogP contribution in [0.1, 0.15) is 36.0 Å². The number of rotatable bonds is 5. The lowest BCUT2D eigenvalue weighted by Gasteiger charge is -2.22. The van der Waals surface area contributed by atoms with Gasteiger partial charge in [0.05, 0.1) is 5.56 Å². The molecule has 2 N–H and O–H groups in total. The van der Waals surface area contributed by atoms with Crippen LogP contribution in [0.4, 0.5) is 10.9 Å². The molecule has 0 aromatic carbocycles. The molecule has 0 radical (unpaired) electrons. The summed E-state index contributed by atoms with van der Waals surface area (Å²) in [4.78, 5) is 16.4. The van der Waals surface area contributed by atoms with Crippen LogP contribution >= 0.6 is 11.3 Å². The standard InChI is InChI=1S/C16H19N5OS/c22-15(20-16-21-19-9-23-16)12-3-4-14(17-7-12)18-8-13-6-10-1-2-11(13)5-10/h3-4,7,9-11,13H,1-2,5-6,8H2,(H,17,18)(H,20,21,22). The molecule has 4 rings (SSSR count). The summed E-state index contributed by atoms with van der Waals surface area (Å²) in [5, 5.41) is 14.1. The second-order valence-electron chi connectivity index (χ2n) is 6.45. The predicted molar refractivity (Wildman–Crippen MR) is 89.5 cm³/mol. The topological polar surface area (TPSA) is 79.8 Å². The fraction of sp³-hybridized carbons (Fsp3) is 0.500. The van der Waals surface area contributed by atoms with Crippen LogP contribution in [0.3, 0.4) is 0 Å². The molecule has 2 aromatic rings. The first-order chi connectivity index (χ1) is 11.3. The molecule has 1 amide bonds. The number of nitrogens with zero attached hydrogens (tertiary/aromatic N) is 3. The first-order valence-corrected chi connectivity index (χ1v) is 8.93. The Morgan fingerprint density at radius 3 is 2.91 bits per heavy atom. The van der Waals surface area contributed by atoms with Crippen molar-refractivity contribution in [1.82, 2.24) is 15.2 Å². The summed E-state index contributed by atoms with van der Waals surface area (Å²) in [7, 11) is 0. The van der Waals surface area contributed by atoms with Gasteiger partial charge in [-0.15, -0.1) is 10.2 Å². The Hall–Kier alpha value is -2.02. The van der Waals surface area contributed by atoms with Crippen molar-refractivity contribution in [2.75, 3.05) is 17.2 Å². The highest BCUT2D eigenvalue weighted by molar-refractivity contribution is 7.13. The molecule has 2 aromatic heterocycles. The molecule has 2 fully saturated rings. The first kappa shape index (κ1) is 14.6. The number of pyridine rings is 1. The maximum Gasteiger partial charge on any atom is 0.259 e. The maximum absolute atomic E-state index is 12.0. The summed E-state index contributed by atoms with van der Waals surface area (Å²) in [5.74, 6) is 3.28. The monoisotopic (exact) mass is 329 g/mol. The van der Waals surface area contributed by atoms with Crippen molar-refractivity contribution in [3.63, 3.8) is 0 Å². The zero-order valence-corrected chi connectivity index (χ0v) is 13.6. The highest BCUT2D eigenvalue weighted by atomic mass is 32.1. The molecule has 2 bridgehead atoms. The maximum atomic E-state index is 12.0. The predicted octanol–water partition coefficient (Wildman–Crippen LogP) is 3.03. The van der Waals surface area contributed by atoms with Gasteiger partial charge in [-0.05, 0) is 49.1 Å². The van der Waals surface area contributed by atoms with E-state index < -0.39 is 0 Å². The number of hydrogen-bond acceptors (Lipinski definition) is 6. The summed E-state index contributed by atoms with van der Waals surface area (Å²) in [5.41, 5.74) is 2.10. The minimum Gasteiger partial charge on any atom is -0.370 e.